The van der Waals surface area contributed by atoms with Crippen LogP contribution in [0, 0.1) is 0 Å². The first-order chi connectivity index (χ1) is 13.4. The van der Waals surface area contributed by atoms with Crippen LogP contribution in [0.4, 0.5) is 0 Å². The highest BCUT2D eigenvalue weighted by molar-refractivity contribution is 7.88. The molecule has 0 spiro atoms. The number of nitrogens with zero attached hydrogens (tertiary/aromatic N) is 1. The Morgan fingerprint density at radius 1 is 1.60 bits per heavy atom. The van der Waals surface area contributed by atoms with Crippen LogP contribution in [0.15, 0.2) is 24.3 Å². The Morgan fingerprint density at radius 3 is 3.10 bits per heavy atom. The van der Waals surface area contributed by atoms with E-state index in [1.807, 2.05) is 0 Å². The molecule has 2 N–H and O–H groups in total. The molecule has 0 saturated carbocycles. The van der Waals surface area contributed by atoms with Crippen LogP contribution in [0.1, 0.15) is 22.1 Å². The second-order valence-electron chi connectivity index (χ2n) is 4.48. The average molecular weight is 305 g/mol. The SMILES string of the molecule is [2H]c1c(CS(=O)(=O)N([2H])C([2H])([2H])[2H])c([2H])c2c(C([2H])([2H])CN(C)C)cn([2H])c2c1[2H]. The molecule has 2 rings (SSSR count). The first-order valence-electron chi connectivity index (χ1n) is 10.6. The van der Waals surface area contributed by atoms with E-state index in [4.69, 9.17) is 13.8 Å². The largest absolute Gasteiger partial charge is 0.361 e. The van der Waals surface area contributed by atoms with E-state index in [1.54, 1.807) is 14.1 Å². The van der Waals surface area contributed by atoms with E-state index in [9.17, 15) is 8.42 Å². The van der Waals surface area contributed by atoms with Crippen LogP contribution in [0.25, 0.3) is 10.9 Å². The number of hydrogen-bond donors (Lipinski definition) is 2. The molecule has 0 fully saturated rings. The first-order valence-corrected chi connectivity index (χ1v) is 7.33. The number of hydrogen-bond acceptors (Lipinski definition) is 3. The fourth-order valence-corrected chi connectivity index (χ4v) is 2.16. The van der Waals surface area contributed by atoms with Crippen molar-refractivity contribution in [1.29, 1.82) is 0 Å². The van der Waals surface area contributed by atoms with Gasteiger partial charge < -0.3 is 9.88 Å². The molecule has 0 amide bonds. The van der Waals surface area contributed by atoms with Crippen molar-refractivity contribution in [2.45, 2.75) is 12.1 Å². The van der Waals surface area contributed by atoms with E-state index in [0.717, 1.165) is 6.20 Å². The minimum Gasteiger partial charge on any atom is -0.361 e. The van der Waals surface area contributed by atoms with Crippen molar-refractivity contribution >= 4 is 20.9 Å². The normalized spacial score (nSPS) is 21.2. The summed E-state index contributed by atoms with van der Waals surface area (Å²) in [6, 6.07) is -1.91. The molecule has 110 valence electrons. The minimum absolute atomic E-state index is 0.128. The van der Waals surface area contributed by atoms with Gasteiger partial charge in [-0.2, -0.15) is 0 Å². The molecule has 20 heavy (non-hydrogen) atoms. The molecule has 0 atom stereocenters. The highest BCUT2D eigenvalue weighted by Gasteiger charge is 2.11. The molecule has 6 heteroatoms. The van der Waals surface area contributed by atoms with Crippen molar-refractivity contribution in [2.75, 3.05) is 27.6 Å². The van der Waals surface area contributed by atoms with Gasteiger partial charge in [0.2, 0.25) is 10.0 Å². The van der Waals surface area contributed by atoms with Crippen molar-refractivity contribution in [3.05, 3.63) is 35.5 Å². The van der Waals surface area contributed by atoms with Gasteiger partial charge in [-0.3, -0.25) is 0 Å². The van der Waals surface area contributed by atoms with Crippen molar-refractivity contribution in [2.24, 2.45) is 0 Å². The van der Waals surface area contributed by atoms with Crippen LogP contribution in [0.3, 0.4) is 0 Å². The maximum atomic E-state index is 12.4. The first kappa shape index (κ1) is 6.60. The quantitative estimate of drug-likeness (QED) is 0.846. The molecule has 0 aliphatic carbocycles. The Hall–Kier alpha value is -1.37. The Labute approximate surface area is 134 Å². The Kier molecular flexibility index (Phi) is 1.96. The molecule has 2 aromatic rings. The molecule has 0 saturated heterocycles. The number of aromatic amines is 1. The van der Waals surface area contributed by atoms with Crippen LogP contribution in [-0.4, -0.2) is 45.9 Å². The monoisotopic (exact) mass is 305 g/mol. The zero-order valence-electron chi connectivity index (χ0n) is 21.1. The van der Waals surface area contributed by atoms with Gasteiger partial charge in [-0.15, -0.1) is 0 Å². The molecule has 0 aliphatic heterocycles. The van der Waals surface area contributed by atoms with Gasteiger partial charge in [-0.05, 0) is 50.7 Å². The van der Waals surface area contributed by atoms with Gasteiger partial charge in [-0.25, -0.2) is 13.1 Å². The number of rotatable bonds is 6. The highest BCUT2D eigenvalue weighted by Crippen LogP contribution is 2.21. The van der Waals surface area contributed by atoms with E-state index in [0.29, 0.717) is 4.98 Å². The summed E-state index contributed by atoms with van der Waals surface area (Å²) in [5.74, 6) is -1.20. The molecular formula is C14H21N3O2S. The zero-order valence-corrected chi connectivity index (χ0v) is 11.9. The second-order valence-corrected chi connectivity index (χ2v) is 6.12. The summed E-state index contributed by atoms with van der Waals surface area (Å²) in [6.07, 6.45) is -1.00. The maximum absolute atomic E-state index is 12.4. The predicted molar refractivity (Wildman–Crippen MR) is 82.2 cm³/mol. The third-order valence-electron chi connectivity index (χ3n) is 2.49. The topological polar surface area (TPSA) is 65.2 Å². The van der Waals surface area contributed by atoms with E-state index in [1.165, 1.54) is 4.90 Å². The number of nitrogens with one attached hydrogen (secondary N) is 2. The molecular weight excluding hydrogens is 274 g/mol. The fraction of sp³-hybridized carbons (Fsp3) is 0.429. The Morgan fingerprint density at radius 2 is 2.40 bits per heavy atom. The standard InChI is InChI=1S/C14H21N3O2S/c1-15-20(18,19)10-11-4-5-14-13(8-11)12(9-16-14)6-7-17(2)3/h4-5,8-9,15-16H,6-7,10H2,1-3H3/i1D3,4D,5D,6D2,8D/hD2. The van der Waals surface area contributed by atoms with Crippen LogP contribution in [0.5, 0.6) is 0 Å². The zero-order chi connectivity index (χ0) is 23.4. The lowest BCUT2D eigenvalue weighted by atomic mass is 10.1. The van der Waals surface area contributed by atoms with Crippen molar-refractivity contribution in [1.82, 2.24) is 14.6 Å². The van der Waals surface area contributed by atoms with Crippen molar-refractivity contribution in [3.63, 3.8) is 0 Å². The fourth-order valence-electron chi connectivity index (χ4n) is 1.59. The summed E-state index contributed by atoms with van der Waals surface area (Å²) >= 11 is 0. The number of H-pyrrole nitrogens is 1. The van der Waals surface area contributed by atoms with Crippen molar-refractivity contribution < 1.29 is 22.2 Å². The third kappa shape index (κ3) is 3.59. The Balaban J connectivity index is 2.79. The lowest BCUT2D eigenvalue weighted by Crippen LogP contribution is -2.20. The summed E-state index contributed by atoms with van der Waals surface area (Å²) in [6.45, 7) is -3.43. The van der Waals surface area contributed by atoms with Gasteiger partial charge in [0.25, 0.3) is 0 Å². The molecule has 1 heterocycles. The lowest BCUT2D eigenvalue weighted by Gasteiger charge is -2.08. The number of benzene rings is 1. The molecule has 5 nitrogen and oxygen atoms in total. The number of fused-ring (bicyclic) bond motifs is 1. The van der Waals surface area contributed by atoms with E-state index >= 15 is 0 Å². The van der Waals surface area contributed by atoms with Gasteiger partial charge in [0.1, 0.15) is 1.41 Å². The van der Waals surface area contributed by atoms with Crippen LogP contribution < -0.4 is 4.72 Å². The molecule has 0 radical (unpaired) electrons. The summed E-state index contributed by atoms with van der Waals surface area (Å²) in [7, 11) is -1.57. The number of sulfonamides is 1. The molecule has 1 aromatic carbocycles. The second kappa shape index (κ2) is 5.95. The average Bonchev–Trinajstić information content (AvgIpc) is 2.92. The lowest BCUT2D eigenvalue weighted by molar-refractivity contribution is 0.414. The summed E-state index contributed by atoms with van der Waals surface area (Å²) in [5, 5.41) is -0.200. The highest BCUT2D eigenvalue weighted by atomic mass is 32.2. The van der Waals surface area contributed by atoms with E-state index in [2.05, 4.69) is 0 Å². The minimum atomic E-state index is -4.80. The smallest absolute Gasteiger partial charge is 0.215 e. The van der Waals surface area contributed by atoms with Gasteiger partial charge >= 0.3 is 0 Å². The van der Waals surface area contributed by atoms with E-state index in [-0.39, 0.29) is 23.0 Å². The van der Waals surface area contributed by atoms with Gasteiger partial charge in [0, 0.05) is 30.5 Å². The molecule has 0 bridgehead atoms. The van der Waals surface area contributed by atoms with Gasteiger partial charge in [-0.1, -0.05) is 6.04 Å². The predicted octanol–water partition coefficient (Wildman–Crippen LogP) is 1.32. The van der Waals surface area contributed by atoms with E-state index < -0.39 is 57.5 Å². The molecule has 0 unspecified atom stereocenters. The maximum Gasteiger partial charge on any atom is 0.215 e. The summed E-state index contributed by atoms with van der Waals surface area (Å²) in [5.41, 5.74) is -0.902. The van der Waals surface area contributed by atoms with Gasteiger partial charge in [0.15, 0.2) is 1.41 Å². The van der Waals surface area contributed by atoms with Crippen LogP contribution in [0.2, 0.25) is 2.82 Å². The molecule has 0 aliphatic rings. The van der Waals surface area contributed by atoms with Crippen LogP contribution in [-0.2, 0) is 22.1 Å². The van der Waals surface area contributed by atoms with Gasteiger partial charge in [0.05, 0.1) is 9.87 Å². The van der Waals surface area contributed by atoms with Crippen LogP contribution >= 0.6 is 0 Å². The summed E-state index contributed by atoms with van der Waals surface area (Å²) < 4.78 is 102. The number of likely N-dealkylation sites (N-methyl/N-ethyl adjacent to an activating group) is 1. The Bertz CT molecular complexity index is 1080. The molecule has 1 aromatic heterocycles. The number of aromatic nitrogens is 1. The van der Waals surface area contributed by atoms with Crippen molar-refractivity contribution in [3.8, 4) is 0 Å². The summed E-state index contributed by atoms with van der Waals surface area (Å²) in [4.78, 5) is 2.20. The third-order valence-corrected chi connectivity index (χ3v) is 3.42.